The highest BCUT2D eigenvalue weighted by molar-refractivity contribution is 5.03. The lowest BCUT2D eigenvalue weighted by molar-refractivity contribution is 0.206. The number of nitrogens with zero attached hydrogens (tertiary/aromatic N) is 3. The molecule has 0 amide bonds. The van der Waals surface area contributed by atoms with Gasteiger partial charge in [-0.25, -0.2) is 0 Å². The number of hydrogen-bond acceptors (Lipinski definition) is 4. The molecule has 0 radical (unpaired) electrons. The van der Waals surface area contributed by atoms with Gasteiger partial charge < -0.3 is 15.3 Å². The molecular formula is C13H24N4O. The zero-order chi connectivity index (χ0) is 12.8. The van der Waals surface area contributed by atoms with E-state index < -0.39 is 0 Å². The van der Waals surface area contributed by atoms with Crippen LogP contribution in [0.3, 0.4) is 0 Å². The third-order valence-electron chi connectivity index (χ3n) is 3.50. The van der Waals surface area contributed by atoms with Crippen LogP contribution < -0.4 is 5.32 Å². The summed E-state index contributed by atoms with van der Waals surface area (Å²) in [5.74, 6) is 0.774. The fourth-order valence-corrected chi connectivity index (χ4v) is 2.58. The van der Waals surface area contributed by atoms with E-state index in [2.05, 4.69) is 22.4 Å². The van der Waals surface area contributed by atoms with Crippen LogP contribution in [0.5, 0.6) is 0 Å². The summed E-state index contributed by atoms with van der Waals surface area (Å²) in [5, 5.41) is 16.5. The molecule has 1 saturated heterocycles. The Bertz CT molecular complexity index is 353. The molecule has 0 aliphatic carbocycles. The van der Waals surface area contributed by atoms with Crippen molar-refractivity contribution >= 4 is 0 Å². The smallest absolute Gasteiger partial charge is 0.0640 e. The van der Waals surface area contributed by atoms with Gasteiger partial charge in [-0.05, 0) is 38.9 Å². The molecule has 1 aromatic heterocycles. The Morgan fingerprint density at radius 3 is 3.22 bits per heavy atom. The lowest BCUT2D eigenvalue weighted by atomic mass is 9.98. The lowest BCUT2D eigenvalue weighted by Crippen LogP contribution is -2.37. The van der Waals surface area contributed by atoms with Crippen LogP contribution in [0.25, 0.3) is 0 Å². The third kappa shape index (κ3) is 4.08. The molecule has 5 heteroatoms. The van der Waals surface area contributed by atoms with Gasteiger partial charge in [0, 0.05) is 24.8 Å². The fourth-order valence-electron chi connectivity index (χ4n) is 2.58. The molecule has 2 N–H and O–H groups in total. The number of piperidine rings is 1. The van der Waals surface area contributed by atoms with E-state index in [0.29, 0.717) is 6.54 Å². The first kappa shape index (κ1) is 13.5. The van der Waals surface area contributed by atoms with Gasteiger partial charge in [0.2, 0.25) is 0 Å². The third-order valence-corrected chi connectivity index (χ3v) is 3.50. The van der Waals surface area contributed by atoms with E-state index in [0.717, 1.165) is 19.0 Å². The minimum absolute atomic E-state index is 0.142. The first-order chi connectivity index (χ1) is 8.78. The molecule has 1 aliphatic heterocycles. The number of rotatable bonds is 6. The van der Waals surface area contributed by atoms with Gasteiger partial charge in [-0.2, -0.15) is 5.10 Å². The Labute approximate surface area is 109 Å². The zero-order valence-electron chi connectivity index (χ0n) is 11.2. The summed E-state index contributed by atoms with van der Waals surface area (Å²) < 4.78 is 1.78. The molecule has 5 nitrogen and oxygen atoms in total. The molecule has 1 unspecified atom stereocenters. The first-order valence-corrected chi connectivity index (χ1v) is 6.79. The standard InChI is InChI=1S/C13H24N4O/c1-16-4-2-3-12(10-16)7-14-8-13-9-15-17(11-13)5-6-18/h9,11-12,14,18H,2-8,10H2,1H3. The normalized spacial score (nSPS) is 21.3. The van der Waals surface area contributed by atoms with Crippen LogP contribution in [0, 0.1) is 5.92 Å². The highest BCUT2D eigenvalue weighted by Gasteiger charge is 2.16. The molecule has 2 rings (SSSR count). The summed E-state index contributed by atoms with van der Waals surface area (Å²) in [4.78, 5) is 2.41. The van der Waals surface area contributed by atoms with Crippen LogP contribution in [-0.4, -0.2) is 53.1 Å². The van der Waals surface area contributed by atoms with Crippen LogP contribution in [0.4, 0.5) is 0 Å². The number of hydrogen-bond donors (Lipinski definition) is 2. The Balaban J connectivity index is 1.67. The van der Waals surface area contributed by atoms with Crippen molar-refractivity contribution < 1.29 is 5.11 Å². The Kier molecular flexibility index (Phi) is 5.16. The molecular weight excluding hydrogens is 228 g/mol. The summed E-state index contributed by atoms with van der Waals surface area (Å²) >= 11 is 0. The molecule has 1 fully saturated rings. The zero-order valence-corrected chi connectivity index (χ0v) is 11.2. The summed E-state index contributed by atoms with van der Waals surface area (Å²) in [6, 6.07) is 0. The van der Waals surface area contributed by atoms with Crippen molar-refractivity contribution in [2.45, 2.75) is 25.9 Å². The molecule has 0 spiro atoms. The molecule has 102 valence electrons. The molecule has 1 atom stereocenters. The molecule has 0 aromatic carbocycles. The highest BCUT2D eigenvalue weighted by Crippen LogP contribution is 2.14. The Hall–Kier alpha value is -0.910. The summed E-state index contributed by atoms with van der Waals surface area (Å²) in [7, 11) is 2.20. The van der Waals surface area contributed by atoms with Gasteiger partial charge in [-0.3, -0.25) is 4.68 Å². The summed E-state index contributed by atoms with van der Waals surface area (Å²) in [5.41, 5.74) is 1.19. The van der Waals surface area contributed by atoms with Crippen molar-refractivity contribution in [3.05, 3.63) is 18.0 Å². The fraction of sp³-hybridized carbons (Fsp3) is 0.769. The van der Waals surface area contributed by atoms with Gasteiger partial charge in [0.1, 0.15) is 0 Å². The van der Waals surface area contributed by atoms with Crippen molar-refractivity contribution in [2.75, 3.05) is 33.3 Å². The maximum absolute atomic E-state index is 8.82. The van der Waals surface area contributed by atoms with E-state index in [1.165, 1.54) is 31.5 Å². The quantitative estimate of drug-likeness (QED) is 0.765. The molecule has 0 bridgehead atoms. The Morgan fingerprint density at radius 2 is 2.44 bits per heavy atom. The van der Waals surface area contributed by atoms with E-state index in [1.54, 1.807) is 4.68 Å². The van der Waals surface area contributed by atoms with Crippen LogP contribution in [0.15, 0.2) is 12.4 Å². The van der Waals surface area contributed by atoms with Crippen molar-refractivity contribution in [3.63, 3.8) is 0 Å². The predicted molar refractivity (Wildman–Crippen MR) is 71.2 cm³/mol. The molecule has 0 saturated carbocycles. The van der Waals surface area contributed by atoms with Gasteiger partial charge >= 0.3 is 0 Å². The van der Waals surface area contributed by atoms with Gasteiger partial charge in [-0.1, -0.05) is 0 Å². The predicted octanol–water partition coefficient (Wildman–Crippen LogP) is 0.307. The largest absolute Gasteiger partial charge is 0.394 e. The van der Waals surface area contributed by atoms with Crippen molar-refractivity contribution in [1.82, 2.24) is 20.0 Å². The number of likely N-dealkylation sites (tertiary alicyclic amines) is 1. The van der Waals surface area contributed by atoms with Crippen LogP contribution in [0.2, 0.25) is 0 Å². The number of aromatic nitrogens is 2. The number of aliphatic hydroxyl groups excluding tert-OH is 1. The van der Waals surface area contributed by atoms with E-state index in [9.17, 15) is 0 Å². The van der Waals surface area contributed by atoms with Gasteiger partial charge in [-0.15, -0.1) is 0 Å². The van der Waals surface area contributed by atoms with Gasteiger partial charge in [0.15, 0.2) is 0 Å². The van der Waals surface area contributed by atoms with E-state index in [4.69, 9.17) is 5.11 Å². The second-order valence-corrected chi connectivity index (χ2v) is 5.24. The van der Waals surface area contributed by atoms with E-state index >= 15 is 0 Å². The maximum atomic E-state index is 8.82. The van der Waals surface area contributed by atoms with Gasteiger partial charge in [0.25, 0.3) is 0 Å². The second-order valence-electron chi connectivity index (χ2n) is 5.24. The SMILES string of the molecule is CN1CCCC(CNCc2cnn(CCO)c2)C1. The topological polar surface area (TPSA) is 53.3 Å². The van der Waals surface area contributed by atoms with Crippen LogP contribution in [-0.2, 0) is 13.1 Å². The van der Waals surface area contributed by atoms with E-state index in [-0.39, 0.29) is 6.61 Å². The maximum Gasteiger partial charge on any atom is 0.0640 e. The van der Waals surface area contributed by atoms with Gasteiger partial charge in [0.05, 0.1) is 19.3 Å². The highest BCUT2D eigenvalue weighted by atomic mass is 16.3. The van der Waals surface area contributed by atoms with Crippen molar-refractivity contribution in [2.24, 2.45) is 5.92 Å². The monoisotopic (exact) mass is 252 g/mol. The minimum atomic E-state index is 0.142. The minimum Gasteiger partial charge on any atom is -0.394 e. The molecule has 1 aliphatic rings. The lowest BCUT2D eigenvalue weighted by Gasteiger charge is -2.29. The molecule has 18 heavy (non-hydrogen) atoms. The first-order valence-electron chi connectivity index (χ1n) is 6.79. The summed E-state index contributed by atoms with van der Waals surface area (Å²) in [6.07, 6.45) is 6.52. The van der Waals surface area contributed by atoms with Crippen molar-refractivity contribution in [1.29, 1.82) is 0 Å². The average molecular weight is 252 g/mol. The average Bonchev–Trinajstić information content (AvgIpc) is 2.78. The second kappa shape index (κ2) is 6.87. The Morgan fingerprint density at radius 1 is 1.56 bits per heavy atom. The van der Waals surface area contributed by atoms with E-state index in [1.807, 2.05) is 12.4 Å². The molecule has 2 heterocycles. The number of nitrogens with one attached hydrogen (secondary N) is 1. The van der Waals surface area contributed by atoms with Crippen LogP contribution >= 0.6 is 0 Å². The number of aliphatic hydroxyl groups is 1. The van der Waals surface area contributed by atoms with Crippen molar-refractivity contribution in [3.8, 4) is 0 Å². The summed E-state index contributed by atoms with van der Waals surface area (Å²) in [6.45, 7) is 5.11. The molecule has 1 aromatic rings. The van der Waals surface area contributed by atoms with Crippen LogP contribution in [0.1, 0.15) is 18.4 Å².